The molecule has 22 heavy (non-hydrogen) atoms. The quantitative estimate of drug-likeness (QED) is 0.940. The number of fused-ring (bicyclic) bond motifs is 1. The second kappa shape index (κ2) is 5.76. The Labute approximate surface area is 132 Å². The molecule has 1 aromatic heterocycles. The zero-order chi connectivity index (χ0) is 14.9. The molecule has 2 fully saturated rings. The summed E-state index contributed by atoms with van der Waals surface area (Å²) in [5.74, 6) is 1.15. The van der Waals surface area contributed by atoms with Gasteiger partial charge in [0.25, 0.3) is 0 Å². The Balaban J connectivity index is 1.70. The van der Waals surface area contributed by atoms with Crippen LogP contribution in [0, 0.1) is 0 Å². The largest absolute Gasteiger partial charge is 0.382 e. The monoisotopic (exact) mass is 296 g/mol. The van der Waals surface area contributed by atoms with Crippen LogP contribution in [0.3, 0.4) is 0 Å². The lowest BCUT2D eigenvalue weighted by molar-refractivity contribution is 0.271. The molecule has 2 aliphatic rings. The summed E-state index contributed by atoms with van der Waals surface area (Å²) in [6.45, 7) is 7.78. The number of nitrogens with zero attached hydrogens (tertiary/aromatic N) is 3. The van der Waals surface area contributed by atoms with E-state index in [1.165, 1.54) is 29.3 Å². The van der Waals surface area contributed by atoms with Crippen LogP contribution in [0.25, 0.3) is 10.8 Å². The highest BCUT2D eigenvalue weighted by Crippen LogP contribution is 2.34. The maximum atomic E-state index is 4.74. The van der Waals surface area contributed by atoms with E-state index in [0.29, 0.717) is 6.04 Å². The minimum atomic E-state index is 0.663. The number of piperazine rings is 1. The van der Waals surface area contributed by atoms with Gasteiger partial charge in [-0.2, -0.15) is 0 Å². The first-order valence-electron chi connectivity index (χ1n) is 8.46. The van der Waals surface area contributed by atoms with E-state index in [1.807, 2.05) is 6.20 Å². The van der Waals surface area contributed by atoms with E-state index < -0.39 is 0 Å². The van der Waals surface area contributed by atoms with Gasteiger partial charge in [-0.15, -0.1) is 0 Å². The maximum absolute atomic E-state index is 4.74. The standard InChI is InChI=1S/C18H24N4/c1-2-21-10-12-22(13-11-21)18-17-14(8-9-19-18)4-3-5-16(17)20-15-6-7-15/h3-5,8-9,15,20H,2,6-7,10-13H2,1H3. The third kappa shape index (κ3) is 2.63. The molecular formula is C18H24N4. The smallest absolute Gasteiger partial charge is 0.138 e. The summed E-state index contributed by atoms with van der Waals surface area (Å²) in [5.41, 5.74) is 1.25. The third-order valence-electron chi connectivity index (χ3n) is 4.83. The summed E-state index contributed by atoms with van der Waals surface area (Å²) in [6, 6.07) is 9.33. The van der Waals surface area contributed by atoms with Crippen LogP contribution in [0.4, 0.5) is 11.5 Å². The summed E-state index contributed by atoms with van der Waals surface area (Å²) < 4.78 is 0. The van der Waals surface area contributed by atoms with Crippen LogP contribution in [0.2, 0.25) is 0 Å². The molecule has 1 aliphatic carbocycles. The van der Waals surface area contributed by atoms with Gasteiger partial charge in [-0.05, 0) is 36.9 Å². The fraction of sp³-hybridized carbons (Fsp3) is 0.500. The van der Waals surface area contributed by atoms with E-state index in [9.17, 15) is 0 Å². The Morgan fingerprint density at radius 3 is 2.68 bits per heavy atom. The number of likely N-dealkylation sites (N-methyl/N-ethyl adjacent to an activating group) is 1. The minimum absolute atomic E-state index is 0.663. The van der Waals surface area contributed by atoms with Gasteiger partial charge in [0.1, 0.15) is 5.82 Å². The van der Waals surface area contributed by atoms with Crippen LogP contribution in [0.15, 0.2) is 30.5 Å². The van der Waals surface area contributed by atoms with Crippen LogP contribution in [-0.4, -0.2) is 48.6 Å². The molecule has 1 aliphatic heterocycles. The fourth-order valence-corrected chi connectivity index (χ4v) is 3.29. The molecule has 0 unspecified atom stereocenters. The van der Waals surface area contributed by atoms with Crippen molar-refractivity contribution < 1.29 is 0 Å². The molecule has 4 nitrogen and oxygen atoms in total. The zero-order valence-electron chi connectivity index (χ0n) is 13.3. The topological polar surface area (TPSA) is 31.4 Å². The van der Waals surface area contributed by atoms with Gasteiger partial charge in [-0.1, -0.05) is 19.1 Å². The average molecular weight is 296 g/mol. The average Bonchev–Trinajstić information content (AvgIpc) is 3.39. The van der Waals surface area contributed by atoms with Gasteiger partial charge in [0, 0.05) is 49.5 Å². The van der Waals surface area contributed by atoms with Gasteiger partial charge in [0.2, 0.25) is 0 Å². The Bertz CT molecular complexity index is 652. The predicted molar refractivity (Wildman–Crippen MR) is 92.7 cm³/mol. The predicted octanol–water partition coefficient (Wildman–Crippen LogP) is 2.95. The molecule has 1 aromatic carbocycles. The molecule has 2 heterocycles. The first kappa shape index (κ1) is 13.8. The lowest BCUT2D eigenvalue weighted by atomic mass is 10.1. The summed E-state index contributed by atoms with van der Waals surface area (Å²) >= 11 is 0. The van der Waals surface area contributed by atoms with Gasteiger partial charge < -0.3 is 15.1 Å². The number of hydrogen-bond donors (Lipinski definition) is 1. The first-order valence-corrected chi connectivity index (χ1v) is 8.46. The van der Waals surface area contributed by atoms with Crippen molar-refractivity contribution in [2.45, 2.75) is 25.8 Å². The van der Waals surface area contributed by atoms with Crippen molar-refractivity contribution in [1.29, 1.82) is 0 Å². The normalized spacial score (nSPS) is 19.6. The highest BCUT2D eigenvalue weighted by Gasteiger charge is 2.24. The molecule has 4 heteroatoms. The Kier molecular flexibility index (Phi) is 3.62. The molecule has 1 saturated carbocycles. The number of benzene rings is 1. The second-order valence-electron chi connectivity index (χ2n) is 6.38. The van der Waals surface area contributed by atoms with E-state index >= 15 is 0 Å². The van der Waals surface area contributed by atoms with E-state index in [1.54, 1.807) is 0 Å². The van der Waals surface area contributed by atoms with Crippen LogP contribution >= 0.6 is 0 Å². The Hall–Kier alpha value is -1.81. The molecule has 4 rings (SSSR count). The summed E-state index contributed by atoms with van der Waals surface area (Å²) in [7, 11) is 0. The van der Waals surface area contributed by atoms with E-state index in [4.69, 9.17) is 4.98 Å². The van der Waals surface area contributed by atoms with Gasteiger partial charge in [-0.3, -0.25) is 0 Å². The van der Waals surface area contributed by atoms with Crippen molar-refractivity contribution >= 4 is 22.3 Å². The Morgan fingerprint density at radius 1 is 1.14 bits per heavy atom. The van der Waals surface area contributed by atoms with Crippen LogP contribution in [-0.2, 0) is 0 Å². The number of nitrogens with one attached hydrogen (secondary N) is 1. The van der Waals surface area contributed by atoms with Crippen molar-refractivity contribution in [3.05, 3.63) is 30.5 Å². The molecule has 1 N–H and O–H groups in total. The maximum Gasteiger partial charge on any atom is 0.138 e. The number of aromatic nitrogens is 1. The lowest BCUT2D eigenvalue weighted by Gasteiger charge is -2.35. The highest BCUT2D eigenvalue weighted by atomic mass is 15.3. The molecule has 0 spiro atoms. The van der Waals surface area contributed by atoms with Gasteiger partial charge >= 0.3 is 0 Å². The second-order valence-corrected chi connectivity index (χ2v) is 6.38. The number of anilines is 2. The molecule has 116 valence electrons. The zero-order valence-corrected chi connectivity index (χ0v) is 13.3. The van der Waals surface area contributed by atoms with Crippen molar-refractivity contribution in [1.82, 2.24) is 9.88 Å². The van der Waals surface area contributed by atoms with E-state index in [2.05, 4.69) is 46.3 Å². The molecule has 0 amide bonds. The number of hydrogen-bond acceptors (Lipinski definition) is 4. The molecule has 0 atom stereocenters. The molecule has 1 saturated heterocycles. The molecule has 0 radical (unpaired) electrons. The number of pyridine rings is 1. The summed E-state index contributed by atoms with van der Waals surface area (Å²) in [5, 5.41) is 6.26. The summed E-state index contributed by atoms with van der Waals surface area (Å²) in [4.78, 5) is 9.69. The fourth-order valence-electron chi connectivity index (χ4n) is 3.29. The van der Waals surface area contributed by atoms with Crippen molar-refractivity contribution in [3.63, 3.8) is 0 Å². The van der Waals surface area contributed by atoms with Crippen molar-refractivity contribution in [2.75, 3.05) is 42.9 Å². The SMILES string of the molecule is CCN1CCN(c2nccc3cccc(NC4CC4)c23)CC1. The van der Waals surface area contributed by atoms with Crippen LogP contribution in [0.5, 0.6) is 0 Å². The van der Waals surface area contributed by atoms with Crippen molar-refractivity contribution in [3.8, 4) is 0 Å². The van der Waals surface area contributed by atoms with Crippen molar-refractivity contribution in [2.24, 2.45) is 0 Å². The van der Waals surface area contributed by atoms with Crippen LogP contribution < -0.4 is 10.2 Å². The third-order valence-corrected chi connectivity index (χ3v) is 4.83. The van der Waals surface area contributed by atoms with Crippen LogP contribution in [0.1, 0.15) is 19.8 Å². The Morgan fingerprint density at radius 2 is 1.95 bits per heavy atom. The van der Waals surface area contributed by atoms with E-state index in [-0.39, 0.29) is 0 Å². The van der Waals surface area contributed by atoms with E-state index in [0.717, 1.165) is 38.5 Å². The summed E-state index contributed by atoms with van der Waals surface area (Å²) in [6.07, 6.45) is 4.53. The first-order chi connectivity index (χ1) is 10.8. The molecule has 0 bridgehead atoms. The minimum Gasteiger partial charge on any atom is -0.382 e. The van der Waals surface area contributed by atoms with Gasteiger partial charge in [0.05, 0.1) is 0 Å². The number of rotatable bonds is 4. The van der Waals surface area contributed by atoms with Gasteiger partial charge in [-0.25, -0.2) is 4.98 Å². The lowest BCUT2D eigenvalue weighted by Crippen LogP contribution is -2.46. The molecule has 2 aromatic rings. The molecular weight excluding hydrogens is 272 g/mol. The highest BCUT2D eigenvalue weighted by molar-refractivity contribution is 6.02. The van der Waals surface area contributed by atoms with Gasteiger partial charge in [0.15, 0.2) is 0 Å².